The summed E-state index contributed by atoms with van der Waals surface area (Å²) >= 11 is 5.97. The van der Waals surface area contributed by atoms with Crippen LogP contribution in [-0.4, -0.2) is 20.7 Å². The number of hydroxylamine groups is 1. The van der Waals surface area contributed by atoms with Crippen molar-refractivity contribution in [3.63, 3.8) is 0 Å². The minimum absolute atomic E-state index is 0.00327. The number of ether oxygens (including phenoxy) is 1. The molecule has 0 unspecified atom stereocenters. The lowest BCUT2D eigenvalue weighted by Crippen LogP contribution is -2.24. The van der Waals surface area contributed by atoms with Gasteiger partial charge in [0.05, 0.1) is 10.5 Å². The summed E-state index contributed by atoms with van der Waals surface area (Å²) in [5, 5.41) is 9.94. The minimum atomic E-state index is -0.651. The summed E-state index contributed by atoms with van der Waals surface area (Å²) < 4.78 is 20.6. The monoisotopic (exact) mass is 363 g/mol. The molecule has 2 N–H and O–H groups in total. The molecular weight excluding hydrogens is 349 g/mol. The van der Waals surface area contributed by atoms with Gasteiger partial charge in [-0.3, -0.25) is 15.0 Å². The minimum Gasteiger partial charge on any atom is -0.487 e. The van der Waals surface area contributed by atoms with Crippen molar-refractivity contribution in [2.45, 2.75) is 20.1 Å². The summed E-state index contributed by atoms with van der Waals surface area (Å²) in [7, 11) is 0. The molecule has 0 aliphatic rings. The van der Waals surface area contributed by atoms with Crippen molar-refractivity contribution in [1.29, 1.82) is 0 Å². The van der Waals surface area contributed by atoms with Gasteiger partial charge in [-0.2, -0.15) is 0 Å². The summed E-state index contributed by atoms with van der Waals surface area (Å²) in [5.74, 6) is -0.828. The molecule has 1 amide bonds. The summed E-state index contributed by atoms with van der Waals surface area (Å²) in [5.41, 5.74) is 3.28. The van der Waals surface area contributed by atoms with Crippen molar-refractivity contribution in [2.24, 2.45) is 0 Å². The van der Waals surface area contributed by atoms with Crippen LogP contribution < -0.4 is 10.2 Å². The molecule has 130 valence electrons. The van der Waals surface area contributed by atoms with Crippen LogP contribution in [0.5, 0.6) is 5.75 Å². The summed E-state index contributed by atoms with van der Waals surface area (Å²) in [4.78, 5) is 16.3. The molecule has 0 aliphatic heterocycles. The van der Waals surface area contributed by atoms with Gasteiger partial charge in [0.25, 0.3) is 5.91 Å². The predicted molar refractivity (Wildman–Crippen MR) is 90.4 cm³/mol. The second-order valence-corrected chi connectivity index (χ2v) is 5.68. The van der Waals surface area contributed by atoms with Crippen LogP contribution in [0.4, 0.5) is 4.39 Å². The molecule has 0 radical (unpaired) electrons. The number of amides is 1. The van der Waals surface area contributed by atoms with Crippen LogP contribution in [0.15, 0.2) is 36.7 Å². The number of pyridine rings is 1. The molecule has 3 aromatic rings. The van der Waals surface area contributed by atoms with E-state index in [9.17, 15) is 9.18 Å². The molecular formula is C17H15ClFN3O3. The molecule has 25 heavy (non-hydrogen) atoms. The SMILES string of the molecule is CCn1c(C(=O)NO)c(COc2ccc(F)cc2Cl)c2cnccc21. The Hall–Kier alpha value is -2.64. The number of rotatable bonds is 5. The Bertz CT molecular complexity index is 942. The Morgan fingerprint density at radius 2 is 2.24 bits per heavy atom. The number of hydrogen-bond acceptors (Lipinski definition) is 4. The van der Waals surface area contributed by atoms with E-state index in [4.69, 9.17) is 21.5 Å². The Kier molecular flexibility index (Phi) is 4.87. The molecule has 0 saturated heterocycles. The lowest BCUT2D eigenvalue weighted by atomic mass is 10.1. The Labute approximate surface area is 147 Å². The molecule has 0 saturated carbocycles. The van der Waals surface area contributed by atoms with Gasteiger partial charge in [0.2, 0.25) is 0 Å². The third-order valence-corrected chi connectivity index (χ3v) is 4.16. The van der Waals surface area contributed by atoms with Crippen LogP contribution in [0.3, 0.4) is 0 Å². The first kappa shape index (κ1) is 17.2. The molecule has 2 heterocycles. The van der Waals surface area contributed by atoms with Crippen molar-refractivity contribution in [2.75, 3.05) is 0 Å². The van der Waals surface area contributed by atoms with E-state index in [0.717, 1.165) is 17.0 Å². The zero-order valence-corrected chi connectivity index (χ0v) is 14.0. The van der Waals surface area contributed by atoms with E-state index in [1.54, 1.807) is 28.5 Å². The van der Waals surface area contributed by atoms with E-state index >= 15 is 0 Å². The number of aryl methyl sites for hydroxylation is 1. The van der Waals surface area contributed by atoms with E-state index in [2.05, 4.69) is 4.98 Å². The van der Waals surface area contributed by atoms with Crippen molar-refractivity contribution >= 4 is 28.4 Å². The zero-order valence-electron chi connectivity index (χ0n) is 13.3. The Morgan fingerprint density at radius 3 is 2.92 bits per heavy atom. The molecule has 1 aromatic carbocycles. The second kappa shape index (κ2) is 7.08. The fourth-order valence-electron chi connectivity index (χ4n) is 2.80. The van der Waals surface area contributed by atoms with Crippen molar-refractivity contribution in [3.8, 4) is 5.75 Å². The van der Waals surface area contributed by atoms with E-state index in [-0.39, 0.29) is 17.3 Å². The number of fused-ring (bicyclic) bond motifs is 1. The third-order valence-electron chi connectivity index (χ3n) is 3.87. The van der Waals surface area contributed by atoms with Gasteiger partial charge < -0.3 is 9.30 Å². The number of carbonyl (C=O) groups is 1. The van der Waals surface area contributed by atoms with Gasteiger partial charge in [-0.1, -0.05) is 11.6 Å². The zero-order chi connectivity index (χ0) is 18.0. The van der Waals surface area contributed by atoms with Crippen LogP contribution in [0, 0.1) is 5.82 Å². The van der Waals surface area contributed by atoms with Crippen LogP contribution in [0.25, 0.3) is 10.9 Å². The largest absolute Gasteiger partial charge is 0.487 e. The van der Waals surface area contributed by atoms with Gasteiger partial charge in [-0.25, -0.2) is 9.87 Å². The highest BCUT2D eigenvalue weighted by Gasteiger charge is 2.22. The van der Waals surface area contributed by atoms with E-state index in [1.807, 2.05) is 6.92 Å². The van der Waals surface area contributed by atoms with Crippen LogP contribution >= 0.6 is 11.6 Å². The maximum absolute atomic E-state index is 13.2. The number of nitrogens with one attached hydrogen (secondary N) is 1. The summed E-state index contributed by atoms with van der Waals surface area (Å²) in [6.07, 6.45) is 3.25. The van der Waals surface area contributed by atoms with Gasteiger partial charge in [0.1, 0.15) is 23.9 Å². The van der Waals surface area contributed by atoms with Gasteiger partial charge in [0, 0.05) is 29.9 Å². The number of aromatic nitrogens is 2. The van der Waals surface area contributed by atoms with Gasteiger partial charge in [0.15, 0.2) is 0 Å². The van der Waals surface area contributed by atoms with Gasteiger partial charge >= 0.3 is 0 Å². The quantitative estimate of drug-likeness (QED) is 0.537. The lowest BCUT2D eigenvalue weighted by Gasteiger charge is -2.10. The highest BCUT2D eigenvalue weighted by molar-refractivity contribution is 6.32. The topological polar surface area (TPSA) is 76.4 Å². The van der Waals surface area contributed by atoms with Crippen LogP contribution in [0.2, 0.25) is 5.02 Å². The number of benzene rings is 1. The molecule has 0 aliphatic carbocycles. The molecule has 3 rings (SSSR count). The molecule has 2 aromatic heterocycles. The van der Waals surface area contributed by atoms with E-state index in [0.29, 0.717) is 17.9 Å². The number of carbonyl (C=O) groups excluding carboxylic acids is 1. The first-order chi connectivity index (χ1) is 12.1. The van der Waals surface area contributed by atoms with Gasteiger partial charge in [-0.15, -0.1) is 0 Å². The number of halogens is 2. The lowest BCUT2D eigenvalue weighted by molar-refractivity contribution is 0.0694. The Balaban J connectivity index is 2.06. The molecule has 0 spiro atoms. The standard InChI is InChI=1S/C17H15ClFN3O3/c1-2-22-14-5-6-20-8-11(14)12(16(22)17(23)21-24)9-25-15-4-3-10(19)7-13(15)18/h3-8,24H,2,9H2,1H3,(H,21,23). The maximum atomic E-state index is 13.2. The summed E-state index contributed by atoms with van der Waals surface area (Å²) in [6, 6.07) is 5.58. The van der Waals surface area contributed by atoms with Crippen LogP contribution in [0.1, 0.15) is 23.0 Å². The predicted octanol–water partition coefficient (Wildman–Crippen LogP) is 3.55. The van der Waals surface area contributed by atoms with Gasteiger partial charge in [-0.05, 0) is 31.2 Å². The average molecular weight is 364 g/mol. The third kappa shape index (κ3) is 3.16. The highest BCUT2D eigenvalue weighted by atomic mass is 35.5. The average Bonchev–Trinajstić information content (AvgIpc) is 2.94. The van der Waals surface area contributed by atoms with Crippen molar-refractivity contribution in [1.82, 2.24) is 15.0 Å². The number of nitrogens with zero attached hydrogens (tertiary/aromatic N) is 2. The van der Waals surface area contributed by atoms with Crippen LogP contribution in [-0.2, 0) is 13.2 Å². The summed E-state index contributed by atoms with van der Waals surface area (Å²) in [6.45, 7) is 2.40. The van der Waals surface area contributed by atoms with E-state index in [1.165, 1.54) is 12.1 Å². The van der Waals surface area contributed by atoms with E-state index < -0.39 is 11.7 Å². The fourth-order valence-corrected chi connectivity index (χ4v) is 3.02. The first-order valence-corrected chi connectivity index (χ1v) is 7.92. The normalized spacial score (nSPS) is 10.9. The molecule has 0 fully saturated rings. The molecule has 8 heteroatoms. The first-order valence-electron chi connectivity index (χ1n) is 7.54. The Morgan fingerprint density at radius 1 is 1.44 bits per heavy atom. The molecule has 6 nitrogen and oxygen atoms in total. The maximum Gasteiger partial charge on any atom is 0.291 e. The molecule has 0 bridgehead atoms. The second-order valence-electron chi connectivity index (χ2n) is 5.27. The fraction of sp³-hybridized carbons (Fsp3) is 0.176. The number of hydrogen-bond donors (Lipinski definition) is 2. The van der Waals surface area contributed by atoms with Crippen molar-refractivity contribution < 1.29 is 19.1 Å². The molecule has 0 atom stereocenters. The smallest absolute Gasteiger partial charge is 0.291 e. The highest BCUT2D eigenvalue weighted by Crippen LogP contribution is 2.30. The van der Waals surface area contributed by atoms with Crippen molar-refractivity contribution in [3.05, 3.63) is 58.8 Å².